The van der Waals surface area contributed by atoms with E-state index in [-0.39, 0.29) is 11.9 Å². The molecule has 2 atom stereocenters. The standard InChI is InChI=1S/C29H35N7O2/c1-6-36-12-10-26(33-36)28-14-21(13-27(32-28)22-16-30-35(5)17-22)20(3)31-29(37)25-15-24(8-7-19(25)2)38-18-23-9-11-34(23)4/h7-8,10,12-17,20,23H,6,9,11,18H2,1-5H3,(H,31,37)/t20-,23+/m1/s1. The maximum Gasteiger partial charge on any atom is 0.252 e. The third kappa shape index (κ3) is 5.47. The summed E-state index contributed by atoms with van der Waals surface area (Å²) in [5, 5.41) is 12.1. The minimum absolute atomic E-state index is 0.141. The predicted molar refractivity (Wildman–Crippen MR) is 147 cm³/mol. The molecule has 9 heteroatoms. The summed E-state index contributed by atoms with van der Waals surface area (Å²) >= 11 is 0. The lowest BCUT2D eigenvalue weighted by molar-refractivity contribution is 0.0767. The summed E-state index contributed by atoms with van der Waals surface area (Å²) in [5.74, 6) is 0.572. The van der Waals surface area contributed by atoms with Crippen LogP contribution in [0.4, 0.5) is 0 Å². The van der Waals surface area contributed by atoms with E-state index in [0.29, 0.717) is 24.0 Å². The molecule has 1 aliphatic heterocycles. The summed E-state index contributed by atoms with van der Waals surface area (Å²) in [6.07, 6.45) is 6.81. The molecule has 1 amide bonds. The molecule has 4 heterocycles. The Morgan fingerprint density at radius 2 is 1.97 bits per heavy atom. The first-order chi connectivity index (χ1) is 18.3. The van der Waals surface area contributed by atoms with Crippen LogP contribution in [0.25, 0.3) is 22.6 Å². The highest BCUT2D eigenvalue weighted by Crippen LogP contribution is 2.27. The van der Waals surface area contributed by atoms with Crippen molar-refractivity contribution >= 4 is 5.91 Å². The van der Waals surface area contributed by atoms with Gasteiger partial charge in [0.1, 0.15) is 18.1 Å². The van der Waals surface area contributed by atoms with Gasteiger partial charge in [0.2, 0.25) is 0 Å². The van der Waals surface area contributed by atoms with Gasteiger partial charge in [0, 0.05) is 43.2 Å². The first kappa shape index (κ1) is 25.7. The predicted octanol–water partition coefficient (Wildman–Crippen LogP) is 4.25. The zero-order chi connectivity index (χ0) is 26.8. The van der Waals surface area contributed by atoms with Gasteiger partial charge < -0.3 is 10.1 Å². The van der Waals surface area contributed by atoms with Crippen molar-refractivity contribution in [3.63, 3.8) is 0 Å². The molecule has 0 radical (unpaired) electrons. The van der Waals surface area contributed by atoms with Crippen LogP contribution in [-0.4, -0.2) is 61.6 Å². The Morgan fingerprint density at radius 3 is 2.63 bits per heavy atom. The maximum absolute atomic E-state index is 13.4. The van der Waals surface area contributed by atoms with Crippen LogP contribution in [0.1, 0.15) is 47.8 Å². The van der Waals surface area contributed by atoms with Gasteiger partial charge in [0.15, 0.2) is 0 Å². The van der Waals surface area contributed by atoms with Gasteiger partial charge in [-0.3, -0.25) is 19.1 Å². The van der Waals surface area contributed by atoms with Crippen molar-refractivity contribution in [3.8, 4) is 28.4 Å². The van der Waals surface area contributed by atoms with Crippen LogP contribution in [0.15, 0.2) is 55.0 Å². The zero-order valence-corrected chi connectivity index (χ0v) is 22.7. The van der Waals surface area contributed by atoms with E-state index in [1.807, 2.05) is 81.3 Å². The quantitative estimate of drug-likeness (QED) is 0.360. The fourth-order valence-electron chi connectivity index (χ4n) is 4.57. The van der Waals surface area contributed by atoms with Crippen LogP contribution in [0.2, 0.25) is 0 Å². The molecule has 4 aromatic rings. The number of nitrogens with one attached hydrogen (secondary N) is 1. The number of likely N-dealkylation sites (N-methyl/N-ethyl adjacent to an activating group) is 1. The molecule has 1 N–H and O–H groups in total. The van der Waals surface area contributed by atoms with E-state index >= 15 is 0 Å². The molecule has 38 heavy (non-hydrogen) atoms. The summed E-state index contributed by atoms with van der Waals surface area (Å²) in [5.41, 5.74) is 5.68. The number of nitrogens with zero attached hydrogens (tertiary/aromatic N) is 6. The molecular weight excluding hydrogens is 478 g/mol. The van der Waals surface area contributed by atoms with Crippen molar-refractivity contribution < 1.29 is 9.53 Å². The van der Waals surface area contributed by atoms with Gasteiger partial charge in [-0.2, -0.15) is 10.2 Å². The molecule has 5 rings (SSSR count). The Kier molecular flexibility index (Phi) is 7.28. The largest absolute Gasteiger partial charge is 0.492 e. The molecule has 1 fully saturated rings. The van der Waals surface area contributed by atoms with Crippen molar-refractivity contribution in [2.75, 3.05) is 20.2 Å². The van der Waals surface area contributed by atoms with Gasteiger partial charge in [0.05, 0.1) is 23.6 Å². The van der Waals surface area contributed by atoms with Crippen LogP contribution in [0.3, 0.4) is 0 Å². The van der Waals surface area contributed by atoms with Crippen LogP contribution in [0, 0.1) is 6.92 Å². The number of aromatic nitrogens is 5. The smallest absolute Gasteiger partial charge is 0.252 e. The Hall–Kier alpha value is -3.98. The summed E-state index contributed by atoms with van der Waals surface area (Å²) in [7, 11) is 3.98. The number of pyridine rings is 1. The van der Waals surface area contributed by atoms with Gasteiger partial charge >= 0.3 is 0 Å². The molecule has 9 nitrogen and oxygen atoms in total. The van der Waals surface area contributed by atoms with E-state index in [4.69, 9.17) is 9.72 Å². The number of carbonyl (C=O) groups is 1. The summed E-state index contributed by atoms with van der Waals surface area (Å²) in [6, 6.07) is 11.8. The SMILES string of the molecule is CCn1ccc(-c2cc([C@@H](C)NC(=O)c3cc(OC[C@@H]4CCN4C)ccc3C)cc(-c3cnn(C)c3)n2)n1. The monoisotopic (exact) mass is 513 g/mol. The van der Waals surface area contributed by atoms with E-state index in [1.165, 1.54) is 0 Å². The van der Waals surface area contributed by atoms with Crippen molar-refractivity contribution in [2.24, 2.45) is 7.05 Å². The van der Waals surface area contributed by atoms with E-state index in [0.717, 1.165) is 53.3 Å². The van der Waals surface area contributed by atoms with Crippen LogP contribution >= 0.6 is 0 Å². The summed E-state index contributed by atoms with van der Waals surface area (Å²) in [6.45, 7) is 8.48. The number of ether oxygens (including phenoxy) is 1. The molecule has 3 aromatic heterocycles. The topological polar surface area (TPSA) is 90.1 Å². The molecule has 1 aliphatic rings. The minimum atomic E-state index is -0.263. The molecule has 1 aromatic carbocycles. The van der Waals surface area contributed by atoms with E-state index in [9.17, 15) is 4.79 Å². The number of benzene rings is 1. The molecule has 0 bridgehead atoms. The molecule has 1 saturated heterocycles. The Bertz CT molecular complexity index is 1440. The van der Waals surface area contributed by atoms with Crippen molar-refractivity contribution in [1.29, 1.82) is 0 Å². The second kappa shape index (κ2) is 10.8. The third-order valence-corrected chi connectivity index (χ3v) is 7.26. The average molecular weight is 514 g/mol. The number of hydrogen-bond donors (Lipinski definition) is 1. The van der Waals surface area contributed by atoms with Crippen LogP contribution in [0.5, 0.6) is 5.75 Å². The highest BCUT2D eigenvalue weighted by atomic mass is 16.5. The van der Waals surface area contributed by atoms with Crippen LogP contribution in [-0.2, 0) is 13.6 Å². The second-order valence-corrected chi connectivity index (χ2v) is 10.0. The van der Waals surface area contributed by atoms with E-state index in [2.05, 4.69) is 27.5 Å². The Morgan fingerprint density at radius 1 is 1.16 bits per heavy atom. The van der Waals surface area contributed by atoms with E-state index in [1.54, 1.807) is 10.9 Å². The van der Waals surface area contributed by atoms with Gasteiger partial charge in [-0.15, -0.1) is 0 Å². The second-order valence-electron chi connectivity index (χ2n) is 10.0. The van der Waals surface area contributed by atoms with Gasteiger partial charge in [-0.25, -0.2) is 4.98 Å². The van der Waals surface area contributed by atoms with E-state index < -0.39 is 0 Å². The maximum atomic E-state index is 13.4. The number of carbonyl (C=O) groups excluding carboxylic acids is 1. The molecule has 0 aliphatic carbocycles. The lowest BCUT2D eigenvalue weighted by atomic mass is 10.0. The normalized spacial score (nSPS) is 16.2. The molecule has 198 valence electrons. The van der Waals surface area contributed by atoms with Gasteiger partial charge in [0.25, 0.3) is 5.91 Å². The fraction of sp³-hybridized carbons (Fsp3) is 0.379. The molecule has 0 spiro atoms. The first-order valence-electron chi connectivity index (χ1n) is 13.1. The zero-order valence-electron chi connectivity index (χ0n) is 22.7. The average Bonchev–Trinajstić information content (AvgIpc) is 3.57. The number of amides is 1. The lowest BCUT2D eigenvalue weighted by Crippen LogP contribution is -2.48. The fourth-order valence-corrected chi connectivity index (χ4v) is 4.57. The van der Waals surface area contributed by atoms with Crippen molar-refractivity contribution in [1.82, 2.24) is 34.8 Å². The minimum Gasteiger partial charge on any atom is -0.492 e. The summed E-state index contributed by atoms with van der Waals surface area (Å²) in [4.78, 5) is 20.5. The lowest BCUT2D eigenvalue weighted by Gasteiger charge is -2.37. The summed E-state index contributed by atoms with van der Waals surface area (Å²) < 4.78 is 9.64. The Balaban J connectivity index is 1.39. The van der Waals surface area contributed by atoms with Crippen molar-refractivity contribution in [3.05, 3.63) is 71.7 Å². The highest BCUT2D eigenvalue weighted by Gasteiger charge is 2.25. The van der Waals surface area contributed by atoms with Gasteiger partial charge in [-0.05, 0) is 82.2 Å². The number of hydrogen-bond acceptors (Lipinski definition) is 6. The number of rotatable bonds is 9. The van der Waals surface area contributed by atoms with Crippen molar-refractivity contribution in [2.45, 2.75) is 45.8 Å². The van der Waals surface area contributed by atoms with Gasteiger partial charge in [-0.1, -0.05) is 6.07 Å². The third-order valence-electron chi connectivity index (χ3n) is 7.26. The molecule has 0 unspecified atom stereocenters. The highest BCUT2D eigenvalue weighted by molar-refractivity contribution is 5.96. The molecular formula is C29H35N7O2. The van der Waals surface area contributed by atoms with Crippen LogP contribution < -0.4 is 10.1 Å². The first-order valence-corrected chi connectivity index (χ1v) is 13.1. The number of aryl methyl sites for hydroxylation is 3. The molecule has 0 saturated carbocycles. The Labute approximate surface area is 223 Å². The number of likely N-dealkylation sites (tertiary alicyclic amines) is 1.